The van der Waals surface area contributed by atoms with Crippen LogP contribution in [0.2, 0.25) is 0 Å². The van der Waals surface area contributed by atoms with Crippen molar-refractivity contribution in [3.05, 3.63) is 71.9 Å². The summed E-state index contributed by atoms with van der Waals surface area (Å²) in [6, 6.07) is 18.9. The van der Waals surface area contributed by atoms with Crippen LogP contribution in [0.25, 0.3) is 0 Å². The summed E-state index contributed by atoms with van der Waals surface area (Å²) in [5, 5.41) is 3.41. The van der Waals surface area contributed by atoms with Crippen molar-refractivity contribution < 1.29 is 4.74 Å². The predicted octanol–water partition coefficient (Wildman–Crippen LogP) is 4.22. The molecule has 0 bridgehead atoms. The summed E-state index contributed by atoms with van der Waals surface area (Å²) in [4.78, 5) is 11.5. The quantitative estimate of drug-likeness (QED) is 0.713. The van der Waals surface area contributed by atoms with Crippen LogP contribution < -0.4 is 15.0 Å². The Balaban J connectivity index is 1.45. The van der Waals surface area contributed by atoms with Crippen LogP contribution in [0.1, 0.15) is 18.1 Å². The molecule has 1 N–H and O–H groups in total. The number of fused-ring (bicyclic) bond motifs is 1. The summed E-state index contributed by atoms with van der Waals surface area (Å²) in [7, 11) is 1.69. The molecule has 0 saturated heterocycles. The van der Waals surface area contributed by atoms with E-state index in [2.05, 4.69) is 58.5 Å². The fraction of sp³-hybridized carbons (Fsp3) is 0.273. The predicted molar refractivity (Wildman–Crippen MR) is 109 cm³/mol. The van der Waals surface area contributed by atoms with E-state index >= 15 is 0 Å². The third kappa shape index (κ3) is 3.72. The first kappa shape index (κ1) is 17.3. The molecule has 138 valence electrons. The minimum absolute atomic E-state index is 0.356. The second-order valence-electron chi connectivity index (χ2n) is 6.82. The van der Waals surface area contributed by atoms with Crippen molar-refractivity contribution >= 4 is 17.5 Å². The lowest BCUT2D eigenvalue weighted by atomic mass is 10.1. The molecule has 0 radical (unpaired) electrons. The van der Waals surface area contributed by atoms with Gasteiger partial charge in [-0.25, -0.2) is 4.98 Å². The zero-order valence-electron chi connectivity index (χ0n) is 15.7. The van der Waals surface area contributed by atoms with E-state index in [1.807, 2.05) is 24.4 Å². The first-order chi connectivity index (χ1) is 13.2. The lowest BCUT2D eigenvalue weighted by Gasteiger charge is -2.23. The lowest BCUT2D eigenvalue weighted by Crippen LogP contribution is -2.26. The van der Waals surface area contributed by atoms with Crippen molar-refractivity contribution in [1.82, 2.24) is 9.97 Å². The summed E-state index contributed by atoms with van der Waals surface area (Å²) < 4.78 is 5.28. The number of benzene rings is 2. The minimum Gasteiger partial charge on any atom is -0.497 e. The molecule has 5 heteroatoms. The molecule has 4 rings (SSSR count). The standard InChI is InChI=1S/C22H24N4O/c1-16-14-18-7-3-4-9-20(18)26(16)22-24-13-11-21(25-22)23-12-10-17-6-5-8-19(15-17)27-2/h3-9,11,13,15-16H,10,12,14H2,1-2H3,(H,23,24,25). The molecule has 27 heavy (non-hydrogen) atoms. The fourth-order valence-electron chi connectivity index (χ4n) is 3.60. The second kappa shape index (κ2) is 7.66. The van der Waals surface area contributed by atoms with E-state index < -0.39 is 0 Å². The van der Waals surface area contributed by atoms with Gasteiger partial charge >= 0.3 is 0 Å². The van der Waals surface area contributed by atoms with E-state index in [4.69, 9.17) is 9.72 Å². The van der Waals surface area contributed by atoms with Gasteiger partial charge in [-0.2, -0.15) is 4.98 Å². The van der Waals surface area contributed by atoms with E-state index in [0.29, 0.717) is 6.04 Å². The van der Waals surface area contributed by atoms with Gasteiger partial charge < -0.3 is 15.0 Å². The van der Waals surface area contributed by atoms with Crippen LogP contribution in [0.3, 0.4) is 0 Å². The normalized spacial score (nSPS) is 15.5. The van der Waals surface area contributed by atoms with E-state index in [-0.39, 0.29) is 0 Å². The van der Waals surface area contributed by atoms with E-state index in [1.54, 1.807) is 7.11 Å². The number of hydrogen-bond acceptors (Lipinski definition) is 5. The average molecular weight is 360 g/mol. The maximum absolute atomic E-state index is 5.28. The smallest absolute Gasteiger partial charge is 0.232 e. The molecule has 0 saturated carbocycles. The largest absolute Gasteiger partial charge is 0.497 e. The van der Waals surface area contributed by atoms with Crippen LogP contribution in [-0.4, -0.2) is 29.7 Å². The Morgan fingerprint density at radius 1 is 1.15 bits per heavy atom. The highest BCUT2D eigenvalue weighted by Gasteiger charge is 2.28. The number of methoxy groups -OCH3 is 1. The summed E-state index contributed by atoms with van der Waals surface area (Å²) in [5.41, 5.74) is 3.79. The number of ether oxygens (including phenoxy) is 1. The number of nitrogens with one attached hydrogen (secondary N) is 1. The molecule has 0 fully saturated rings. The topological polar surface area (TPSA) is 50.3 Å². The van der Waals surface area contributed by atoms with Gasteiger partial charge in [0.05, 0.1) is 7.11 Å². The Morgan fingerprint density at radius 3 is 2.93 bits per heavy atom. The Hall–Kier alpha value is -3.08. The summed E-state index contributed by atoms with van der Waals surface area (Å²) in [6.07, 6.45) is 3.75. The van der Waals surface area contributed by atoms with Gasteiger partial charge in [0, 0.05) is 24.5 Å². The molecule has 1 aromatic heterocycles. The second-order valence-corrected chi connectivity index (χ2v) is 6.82. The molecule has 2 aromatic carbocycles. The van der Waals surface area contributed by atoms with Crippen LogP contribution in [-0.2, 0) is 12.8 Å². The molecule has 1 aliphatic rings. The molecule has 0 amide bonds. The zero-order chi connectivity index (χ0) is 18.6. The van der Waals surface area contributed by atoms with E-state index in [1.165, 1.54) is 16.8 Å². The van der Waals surface area contributed by atoms with Gasteiger partial charge in [-0.1, -0.05) is 30.3 Å². The molecule has 0 aliphatic carbocycles. The third-order valence-corrected chi connectivity index (χ3v) is 4.92. The molecule has 1 aliphatic heterocycles. The molecular weight excluding hydrogens is 336 g/mol. The van der Waals surface area contributed by atoms with Crippen LogP contribution in [0, 0.1) is 0 Å². The van der Waals surface area contributed by atoms with Gasteiger partial charge in [-0.15, -0.1) is 0 Å². The average Bonchev–Trinajstić information content (AvgIpc) is 3.04. The molecule has 5 nitrogen and oxygen atoms in total. The molecule has 1 atom stereocenters. The number of nitrogens with zero attached hydrogens (tertiary/aromatic N) is 3. The maximum Gasteiger partial charge on any atom is 0.232 e. The number of aromatic nitrogens is 2. The Morgan fingerprint density at radius 2 is 2.04 bits per heavy atom. The molecule has 3 aromatic rings. The third-order valence-electron chi connectivity index (χ3n) is 4.92. The van der Waals surface area contributed by atoms with Crippen LogP contribution in [0.4, 0.5) is 17.5 Å². The highest BCUT2D eigenvalue weighted by Crippen LogP contribution is 2.36. The van der Waals surface area contributed by atoms with Crippen LogP contribution >= 0.6 is 0 Å². The maximum atomic E-state index is 5.28. The fourth-order valence-corrected chi connectivity index (χ4v) is 3.60. The number of hydrogen-bond donors (Lipinski definition) is 1. The van der Waals surface area contributed by atoms with Gasteiger partial charge in [0.2, 0.25) is 5.95 Å². The number of rotatable bonds is 6. The van der Waals surface area contributed by atoms with Crippen LogP contribution in [0.5, 0.6) is 5.75 Å². The van der Waals surface area contributed by atoms with Gasteiger partial charge in [0.25, 0.3) is 0 Å². The number of anilines is 3. The monoisotopic (exact) mass is 360 g/mol. The first-order valence-corrected chi connectivity index (χ1v) is 9.31. The zero-order valence-corrected chi connectivity index (χ0v) is 15.7. The van der Waals surface area contributed by atoms with Crippen molar-refractivity contribution in [3.63, 3.8) is 0 Å². The molecule has 1 unspecified atom stereocenters. The highest BCUT2D eigenvalue weighted by molar-refractivity contribution is 5.67. The van der Waals surface area contributed by atoms with Crippen molar-refractivity contribution in [1.29, 1.82) is 0 Å². The van der Waals surface area contributed by atoms with Crippen molar-refractivity contribution in [2.24, 2.45) is 0 Å². The highest BCUT2D eigenvalue weighted by atomic mass is 16.5. The van der Waals surface area contributed by atoms with Crippen molar-refractivity contribution in [2.45, 2.75) is 25.8 Å². The van der Waals surface area contributed by atoms with E-state index in [9.17, 15) is 0 Å². The van der Waals surface area contributed by atoms with Gasteiger partial charge in [-0.05, 0) is 55.2 Å². The van der Waals surface area contributed by atoms with Gasteiger partial charge in [-0.3, -0.25) is 0 Å². The lowest BCUT2D eigenvalue weighted by molar-refractivity contribution is 0.414. The Bertz CT molecular complexity index is 927. The van der Waals surface area contributed by atoms with Gasteiger partial charge in [0.15, 0.2) is 0 Å². The van der Waals surface area contributed by atoms with Crippen LogP contribution in [0.15, 0.2) is 60.8 Å². The summed E-state index contributed by atoms with van der Waals surface area (Å²) >= 11 is 0. The summed E-state index contributed by atoms with van der Waals surface area (Å²) in [6.45, 7) is 3.02. The SMILES string of the molecule is COc1cccc(CCNc2ccnc(N3c4ccccc4CC3C)n2)c1. The Kier molecular flexibility index (Phi) is 4.92. The minimum atomic E-state index is 0.356. The van der Waals surface area contributed by atoms with Crippen molar-refractivity contribution in [2.75, 3.05) is 23.9 Å². The summed E-state index contributed by atoms with van der Waals surface area (Å²) in [5.74, 6) is 2.48. The Labute approximate surface area is 160 Å². The molecule has 2 heterocycles. The molecule has 0 spiro atoms. The van der Waals surface area contributed by atoms with E-state index in [0.717, 1.165) is 36.9 Å². The number of para-hydroxylation sites is 1. The van der Waals surface area contributed by atoms with Crippen molar-refractivity contribution in [3.8, 4) is 5.75 Å². The molecular formula is C22H24N4O. The van der Waals surface area contributed by atoms with Gasteiger partial charge in [0.1, 0.15) is 11.6 Å². The first-order valence-electron chi connectivity index (χ1n) is 9.31.